The van der Waals surface area contributed by atoms with Crippen LogP contribution in [0.25, 0.3) is 21.9 Å². The molecule has 4 heterocycles. The SMILES string of the molecule is O=c1oc2cc(Cl)ccc2cc1COC1[C@@H](O)C(CO)O[C@@H](S[C@@H]2OC(CO)[C@H](O)[C@H](OCc3cc4ccc(Cl)cc4oc3=O)C2O)[C@@H]1O. The van der Waals surface area contributed by atoms with Crippen LogP contribution in [0.1, 0.15) is 11.1 Å². The van der Waals surface area contributed by atoms with Gasteiger partial charge in [0.2, 0.25) is 0 Å². The predicted octanol–water partition coefficient (Wildman–Crippen LogP) is 1.29. The van der Waals surface area contributed by atoms with Crippen molar-refractivity contribution in [2.45, 2.75) is 72.9 Å². The second-order valence-corrected chi connectivity index (χ2v) is 13.7. The van der Waals surface area contributed by atoms with Crippen molar-refractivity contribution in [2.24, 2.45) is 0 Å². The van der Waals surface area contributed by atoms with Crippen LogP contribution in [0.15, 0.2) is 67.0 Å². The molecule has 49 heavy (non-hydrogen) atoms. The lowest BCUT2D eigenvalue weighted by atomic mass is 9.99. The Morgan fingerprint density at radius 1 is 0.633 bits per heavy atom. The molecule has 0 radical (unpaired) electrons. The van der Waals surface area contributed by atoms with E-state index in [9.17, 15) is 40.2 Å². The van der Waals surface area contributed by atoms with Crippen LogP contribution >= 0.6 is 35.0 Å². The first-order valence-electron chi connectivity index (χ1n) is 15.1. The summed E-state index contributed by atoms with van der Waals surface area (Å²) in [7, 11) is 0. The van der Waals surface area contributed by atoms with E-state index in [4.69, 9.17) is 51.0 Å². The maximum absolute atomic E-state index is 12.6. The Labute approximate surface area is 291 Å². The van der Waals surface area contributed by atoms with E-state index in [1.165, 1.54) is 24.3 Å². The molecular weight excluding hydrogens is 711 g/mol. The second kappa shape index (κ2) is 15.3. The Bertz CT molecular complexity index is 1770. The zero-order valence-corrected chi connectivity index (χ0v) is 27.7. The lowest BCUT2D eigenvalue weighted by Crippen LogP contribution is -2.61. The van der Waals surface area contributed by atoms with Crippen LogP contribution in [0, 0.1) is 0 Å². The van der Waals surface area contributed by atoms with Crippen LogP contribution in [0.2, 0.25) is 10.0 Å². The molecule has 4 unspecified atom stereocenters. The molecule has 0 spiro atoms. The fourth-order valence-electron chi connectivity index (χ4n) is 5.69. The van der Waals surface area contributed by atoms with Crippen LogP contribution < -0.4 is 11.3 Å². The van der Waals surface area contributed by atoms with Crippen LogP contribution in [0.3, 0.4) is 0 Å². The van der Waals surface area contributed by atoms with E-state index in [-0.39, 0.29) is 35.5 Å². The Balaban J connectivity index is 1.17. The van der Waals surface area contributed by atoms with Crippen molar-refractivity contribution < 1.29 is 58.4 Å². The number of hydrogen-bond donors (Lipinski definition) is 6. The molecule has 0 saturated carbocycles. The highest BCUT2D eigenvalue weighted by Gasteiger charge is 2.51. The summed E-state index contributed by atoms with van der Waals surface area (Å²) in [6, 6.07) is 12.5. The van der Waals surface area contributed by atoms with Gasteiger partial charge in [0.1, 0.15) is 70.9 Å². The van der Waals surface area contributed by atoms with Gasteiger partial charge in [0.15, 0.2) is 0 Å². The molecule has 0 bridgehead atoms. The van der Waals surface area contributed by atoms with E-state index in [0.717, 1.165) is 11.8 Å². The minimum absolute atomic E-state index is 0.0838. The highest BCUT2D eigenvalue weighted by Crippen LogP contribution is 2.38. The lowest BCUT2D eigenvalue weighted by Gasteiger charge is -2.46. The number of thioether (sulfide) groups is 1. The molecule has 0 amide bonds. The molecule has 10 atom stereocenters. The minimum Gasteiger partial charge on any atom is -0.422 e. The van der Waals surface area contributed by atoms with E-state index in [1.807, 2.05) is 0 Å². The zero-order chi connectivity index (χ0) is 35.0. The number of ether oxygens (including phenoxy) is 4. The Kier molecular flexibility index (Phi) is 11.3. The van der Waals surface area contributed by atoms with Crippen LogP contribution in [0.5, 0.6) is 0 Å². The van der Waals surface area contributed by atoms with Gasteiger partial charge in [0.05, 0.1) is 37.6 Å². The normalized spacial score (nSPS) is 30.6. The molecule has 264 valence electrons. The van der Waals surface area contributed by atoms with E-state index in [1.54, 1.807) is 24.3 Å². The molecule has 2 aromatic carbocycles. The van der Waals surface area contributed by atoms with Gasteiger partial charge < -0.3 is 58.4 Å². The minimum atomic E-state index is -1.60. The summed E-state index contributed by atoms with van der Waals surface area (Å²) in [6.07, 6.45) is -11.6. The van der Waals surface area contributed by atoms with Crippen molar-refractivity contribution in [3.8, 4) is 0 Å². The molecule has 6 rings (SSSR count). The largest absolute Gasteiger partial charge is 0.422 e. The van der Waals surface area contributed by atoms with E-state index in [0.29, 0.717) is 20.8 Å². The van der Waals surface area contributed by atoms with Gasteiger partial charge in [0, 0.05) is 33.0 Å². The smallest absolute Gasteiger partial charge is 0.341 e. The Morgan fingerprint density at radius 3 is 1.43 bits per heavy atom. The van der Waals surface area contributed by atoms with E-state index < -0.39 is 84.2 Å². The first-order chi connectivity index (χ1) is 23.5. The van der Waals surface area contributed by atoms with Gasteiger partial charge in [-0.05, 0) is 36.4 Å². The summed E-state index contributed by atoms with van der Waals surface area (Å²) in [6.45, 7) is -2.13. The molecule has 6 N–H and O–H groups in total. The maximum Gasteiger partial charge on any atom is 0.341 e. The van der Waals surface area contributed by atoms with Crippen molar-refractivity contribution in [3.63, 3.8) is 0 Å². The molecule has 4 aromatic rings. The third-order valence-corrected chi connectivity index (χ3v) is 10.1. The molecular formula is C32H32Cl2O14S. The zero-order valence-electron chi connectivity index (χ0n) is 25.3. The maximum atomic E-state index is 12.6. The standard InChI is InChI=1S/C32H32Cl2O14S/c33-17-3-1-13-5-15(29(41)45-19(13)7-17)11-43-27-23(37)21(9-35)47-31(25(27)39)49-32-26(40)28(24(38)22(10-36)48-32)44-12-16-6-14-2-4-18(34)8-20(14)46-30(16)42/h1-8,21-28,31-32,35-40H,9-12H2/t21?,22?,23-,24-,25+,26?,27?,28-,31-,32-/m0/s1. The molecule has 0 aliphatic carbocycles. The highest BCUT2D eigenvalue weighted by molar-refractivity contribution is 8.00. The number of benzene rings is 2. The molecule has 17 heteroatoms. The van der Waals surface area contributed by atoms with Crippen molar-refractivity contribution >= 4 is 56.9 Å². The van der Waals surface area contributed by atoms with Gasteiger partial charge in [-0.1, -0.05) is 35.0 Å². The fourth-order valence-corrected chi connectivity index (χ4v) is 7.32. The lowest BCUT2D eigenvalue weighted by molar-refractivity contribution is -0.231. The van der Waals surface area contributed by atoms with Gasteiger partial charge in [0.25, 0.3) is 0 Å². The Morgan fingerprint density at radius 2 is 1.04 bits per heavy atom. The van der Waals surface area contributed by atoms with E-state index >= 15 is 0 Å². The summed E-state index contributed by atoms with van der Waals surface area (Å²) >= 11 is 12.7. The summed E-state index contributed by atoms with van der Waals surface area (Å²) in [4.78, 5) is 25.2. The molecule has 2 aromatic heterocycles. The first kappa shape index (κ1) is 36.2. The molecule has 14 nitrogen and oxygen atoms in total. The van der Waals surface area contributed by atoms with Crippen molar-refractivity contribution in [3.05, 3.63) is 90.5 Å². The number of rotatable bonds is 10. The van der Waals surface area contributed by atoms with E-state index in [2.05, 4.69) is 0 Å². The molecule has 2 fully saturated rings. The van der Waals surface area contributed by atoms with Gasteiger partial charge in [-0.3, -0.25) is 0 Å². The third-order valence-electron chi connectivity index (χ3n) is 8.31. The number of aliphatic hydroxyl groups excluding tert-OH is 6. The third kappa shape index (κ3) is 7.69. The topological polar surface area (TPSA) is 219 Å². The first-order valence-corrected chi connectivity index (χ1v) is 16.8. The number of halogens is 2. The number of hydrogen-bond acceptors (Lipinski definition) is 15. The van der Waals surface area contributed by atoms with Gasteiger partial charge in [-0.25, -0.2) is 9.59 Å². The molecule has 2 aliphatic rings. The van der Waals surface area contributed by atoms with Crippen molar-refractivity contribution in [1.29, 1.82) is 0 Å². The van der Waals surface area contributed by atoms with Crippen LogP contribution in [0.4, 0.5) is 0 Å². The predicted molar refractivity (Wildman–Crippen MR) is 175 cm³/mol. The summed E-state index contributed by atoms with van der Waals surface area (Å²) in [5.74, 6) is 0. The number of aliphatic hydroxyl groups is 6. The highest BCUT2D eigenvalue weighted by atomic mass is 35.5. The van der Waals surface area contributed by atoms with Gasteiger partial charge in [-0.2, -0.15) is 0 Å². The monoisotopic (exact) mass is 742 g/mol. The van der Waals surface area contributed by atoms with Gasteiger partial charge in [-0.15, -0.1) is 0 Å². The van der Waals surface area contributed by atoms with Crippen molar-refractivity contribution in [1.82, 2.24) is 0 Å². The van der Waals surface area contributed by atoms with Gasteiger partial charge >= 0.3 is 11.3 Å². The summed E-state index contributed by atoms with van der Waals surface area (Å²) in [5, 5.41) is 66.0. The average molecular weight is 744 g/mol. The van der Waals surface area contributed by atoms with Crippen LogP contribution in [-0.2, 0) is 32.2 Å². The second-order valence-electron chi connectivity index (χ2n) is 11.6. The Hall–Kier alpha value is -2.61. The average Bonchev–Trinajstić information content (AvgIpc) is 3.07. The summed E-state index contributed by atoms with van der Waals surface area (Å²) in [5.41, 5.74) is -3.35. The molecule has 2 aliphatic heterocycles. The molecule has 2 saturated heterocycles. The number of fused-ring (bicyclic) bond motifs is 2. The van der Waals surface area contributed by atoms with Crippen molar-refractivity contribution in [2.75, 3.05) is 13.2 Å². The van der Waals surface area contributed by atoms with Crippen LogP contribution in [-0.4, -0.2) is 104 Å². The quantitative estimate of drug-likeness (QED) is 0.126. The summed E-state index contributed by atoms with van der Waals surface area (Å²) < 4.78 is 33.7. The fraction of sp³-hybridized carbons (Fsp3) is 0.438.